The number of carbonyl (C=O) groups is 2. The van der Waals surface area contributed by atoms with Crippen LogP contribution in [0.15, 0.2) is 29.5 Å². The van der Waals surface area contributed by atoms with Crippen LogP contribution in [0.25, 0.3) is 0 Å². The van der Waals surface area contributed by atoms with Crippen LogP contribution in [0.3, 0.4) is 0 Å². The van der Waals surface area contributed by atoms with E-state index in [2.05, 4.69) is 15.4 Å². The van der Waals surface area contributed by atoms with Crippen LogP contribution >= 0.6 is 34.5 Å². The monoisotopic (exact) mass is 396 g/mol. The summed E-state index contributed by atoms with van der Waals surface area (Å²) in [5.41, 5.74) is 1.25. The normalized spacial score (nSPS) is 14.4. The van der Waals surface area contributed by atoms with Crippen molar-refractivity contribution in [3.05, 3.63) is 44.9 Å². The van der Waals surface area contributed by atoms with Gasteiger partial charge in [-0.1, -0.05) is 29.3 Å². The number of aromatic nitrogens is 1. The van der Waals surface area contributed by atoms with E-state index < -0.39 is 0 Å². The van der Waals surface area contributed by atoms with Gasteiger partial charge in [0.2, 0.25) is 5.91 Å². The van der Waals surface area contributed by atoms with Crippen LogP contribution in [-0.2, 0) is 16.0 Å². The average Bonchev–Trinajstić information content (AvgIpc) is 3.00. The summed E-state index contributed by atoms with van der Waals surface area (Å²) < 4.78 is 0. The molecule has 2 heterocycles. The maximum absolute atomic E-state index is 12.2. The van der Waals surface area contributed by atoms with E-state index in [0.29, 0.717) is 33.7 Å². The molecule has 1 aromatic carbocycles. The summed E-state index contributed by atoms with van der Waals surface area (Å²) in [6, 6.07) is 5.35. The first kappa shape index (κ1) is 17.8. The molecule has 0 bridgehead atoms. The fourth-order valence-electron chi connectivity index (χ4n) is 2.30. The van der Waals surface area contributed by atoms with Gasteiger partial charge in [0, 0.05) is 47.4 Å². The minimum Gasteiger partial charge on any atom is -0.297 e. The van der Waals surface area contributed by atoms with Gasteiger partial charge in [0.15, 0.2) is 5.13 Å². The molecule has 1 aliphatic rings. The predicted octanol–water partition coefficient (Wildman–Crippen LogP) is 3.59. The van der Waals surface area contributed by atoms with Crippen molar-refractivity contribution < 1.29 is 9.59 Å². The number of nitrogens with zero attached hydrogens (tertiary/aromatic N) is 3. The number of nitrogens with one attached hydrogen (secondary N) is 1. The minimum atomic E-state index is -0.343. The number of hydrazone groups is 1. The van der Waals surface area contributed by atoms with Crippen LogP contribution in [0.5, 0.6) is 0 Å². The van der Waals surface area contributed by atoms with E-state index in [-0.39, 0.29) is 18.2 Å². The average molecular weight is 397 g/mol. The van der Waals surface area contributed by atoms with Crippen molar-refractivity contribution in [2.24, 2.45) is 5.10 Å². The molecule has 1 aromatic heterocycles. The van der Waals surface area contributed by atoms with Crippen molar-refractivity contribution in [2.45, 2.75) is 19.3 Å². The van der Waals surface area contributed by atoms with E-state index >= 15 is 0 Å². The van der Waals surface area contributed by atoms with E-state index in [1.165, 1.54) is 23.4 Å². The molecule has 0 unspecified atom stereocenters. The number of hydrogen-bond donors (Lipinski definition) is 1. The number of anilines is 1. The first-order valence-electron chi connectivity index (χ1n) is 7.46. The standard InChI is InChI=1S/C16H14Cl2N4O2S/c1-22-14(23)5-4-13(21-22)15(24)20-16-19-8-11(25-16)6-9-2-3-10(17)7-12(9)18/h2-3,7-8H,4-6H2,1H3,(H,19,20,24). The van der Waals surface area contributed by atoms with Gasteiger partial charge in [-0.15, -0.1) is 11.3 Å². The molecule has 130 valence electrons. The number of carbonyl (C=O) groups excluding carboxylic acids is 2. The molecule has 1 aliphatic heterocycles. The van der Waals surface area contributed by atoms with E-state index in [4.69, 9.17) is 23.2 Å². The van der Waals surface area contributed by atoms with Crippen molar-refractivity contribution in [3.8, 4) is 0 Å². The van der Waals surface area contributed by atoms with E-state index in [1.54, 1.807) is 18.3 Å². The third kappa shape index (κ3) is 4.36. The number of hydrogen-bond acceptors (Lipinski definition) is 5. The van der Waals surface area contributed by atoms with Gasteiger partial charge in [0.25, 0.3) is 5.91 Å². The second kappa shape index (κ2) is 7.51. The summed E-state index contributed by atoms with van der Waals surface area (Å²) in [5, 5.41) is 9.56. The van der Waals surface area contributed by atoms with Crippen LogP contribution in [0.1, 0.15) is 23.3 Å². The summed E-state index contributed by atoms with van der Waals surface area (Å²) in [5.74, 6) is -0.447. The maximum Gasteiger partial charge on any atom is 0.273 e. The maximum atomic E-state index is 12.2. The first-order valence-corrected chi connectivity index (χ1v) is 9.03. The lowest BCUT2D eigenvalue weighted by molar-refractivity contribution is -0.130. The summed E-state index contributed by atoms with van der Waals surface area (Å²) in [6.45, 7) is 0. The Hall–Kier alpha value is -1.96. The Morgan fingerprint density at radius 1 is 1.36 bits per heavy atom. The second-order valence-corrected chi connectivity index (χ2v) is 7.42. The second-order valence-electron chi connectivity index (χ2n) is 5.46. The predicted molar refractivity (Wildman–Crippen MR) is 99.5 cm³/mol. The molecule has 9 heteroatoms. The van der Waals surface area contributed by atoms with Crippen LogP contribution in [0, 0.1) is 0 Å². The molecule has 2 aromatic rings. The lowest BCUT2D eigenvalue weighted by Crippen LogP contribution is -2.34. The molecule has 0 aliphatic carbocycles. The van der Waals surface area contributed by atoms with E-state index in [0.717, 1.165) is 10.4 Å². The number of thiazole rings is 1. The van der Waals surface area contributed by atoms with E-state index in [9.17, 15) is 9.59 Å². The van der Waals surface area contributed by atoms with Gasteiger partial charge in [0.1, 0.15) is 5.71 Å². The molecule has 0 saturated carbocycles. The summed E-state index contributed by atoms with van der Waals surface area (Å²) in [7, 11) is 1.53. The molecule has 2 amide bonds. The molecule has 3 rings (SSSR count). The molecular formula is C16H14Cl2N4O2S. The SMILES string of the molecule is CN1N=C(C(=O)Nc2ncc(Cc3ccc(Cl)cc3Cl)s2)CCC1=O. The van der Waals surface area contributed by atoms with Gasteiger partial charge in [-0.3, -0.25) is 14.9 Å². The van der Waals surface area contributed by atoms with Crippen LogP contribution < -0.4 is 5.32 Å². The molecule has 1 N–H and O–H groups in total. The fourth-order valence-corrected chi connectivity index (χ4v) is 3.61. The number of rotatable bonds is 4. The van der Waals surface area contributed by atoms with Crippen molar-refractivity contribution in [2.75, 3.05) is 12.4 Å². The quantitative estimate of drug-likeness (QED) is 0.857. The third-order valence-electron chi connectivity index (χ3n) is 3.62. The van der Waals surface area contributed by atoms with Gasteiger partial charge >= 0.3 is 0 Å². The van der Waals surface area contributed by atoms with Crippen molar-refractivity contribution >= 4 is 57.2 Å². The van der Waals surface area contributed by atoms with Gasteiger partial charge in [-0.2, -0.15) is 5.10 Å². The largest absolute Gasteiger partial charge is 0.297 e. The zero-order valence-corrected chi connectivity index (χ0v) is 15.6. The highest BCUT2D eigenvalue weighted by Gasteiger charge is 2.22. The molecule has 25 heavy (non-hydrogen) atoms. The fraction of sp³-hybridized carbons (Fsp3) is 0.250. The third-order valence-corrected chi connectivity index (χ3v) is 5.12. The Morgan fingerprint density at radius 2 is 2.16 bits per heavy atom. The van der Waals surface area contributed by atoms with Gasteiger partial charge < -0.3 is 0 Å². The number of halogens is 2. The van der Waals surface area contributed by atoms with Crippen molar-refractivity contribution in [1.82, 2.24) is 9.99 Å². The molecular weight excluding hydrogens is 383 g/mol. The molecule has 6 nitrogen and oxygen atoms in total. The summed E-state index contributed by atoms with van der Waals surface area (Å²) >= 11 is 13.4. The molecule has 0 saturated heterocycles. The highest BCUT2D eigenvalue weighted by Crippen LogP contribution is 2.27. The Kier molecular flexibility index (Phi) is 5.36. The van der Waals surface area contributed by atoms with E-state index in [1.807, 2.05) is 6.07 Å². The molecule has 0 spiro atoms. The van der Waals surface area contributed by atoms with Crippen LogP contribution in [0.2, 0.25) is 10.0 Å². The van der Waals surface area contributed by atoms with Crippen LogP contribution in [-0.4, -0.2) is 34.6 Å². The highest BCUT2D eigenvalue weighted by atomic mass is 35.5. The highest BCUT2D eigenvalue weighted by molar-refractivity contribution is 7.15. The van der Waals surface area contributed by atoms with Crippen molar-refractivity contribution in [1.29, 1.82) is 0 Å². The zero-order valence-electron chi connectivity index (χ0n) is 13.3. The van der Waals surface area contributed by atoms with Gasteiger partial charge in [-0.05, 0) is 17.7 Å². The smallest absolute Gasteiger partial charge is 0.273 e. The van der Waals surface area contributed by atoms with Gasteiger partial charge in [0.05, 0.1) is 0 Å². The first-order chi connectivity index (χ1) is 11.9. The lowest BCUT2D eigenvalue weighted by atomic mass is 10.1. The molecule has 0 fully saturated rings. The number of amides is 2. The van der Waals surface area contributed by atoms with Gasteiger partial charge in [-0.25, -0.2) is 9.99 Å². The summed E-state index contributed by atoms with van der Waals surface area (Å²) in [4.78, 5) is 28.8. The molecule has 0 radical (unpaired) electrons. The van der Waals surface area contributed by atoms with Crippen LogP contribution in [0.4, 0.5) is 5.13 Å². The molecule has 0 atom stereocenters. The Morgan fingerprint density at radius 3 is 2.88 bits per heavy atom. The summed E-state index contributed by atoms with van der Waals surface area (Å²) in [6.07, 6.45) is 2.90. The zero-order chi connectivity index (χ0) is 18.0. The number of benzene rings is 1. The topological polar surface area (TPSA) is 74.7 Å². The Balaban J connectivity index is 1.66. The Bertz CT molecular complexity index is 866. The minimum absolute atomic E-state index is 0.104. The lowest BCUT2D eigenvalue weighted by Gasteiger charge is -2.18. The van der Waals surface area contributed by atoms with Crippen molar-refractivity contribution in [3.63, 3.8) is 0 Å². The Labute approximate surface area is 158 Å².